The first kappa shape index (κ1) is 28.1. The maximum atomic E-state index is 2.47. The van der Waals surface area contributed by atoms with Crippen LogP contribution in [0.25, 0.3) is 58.4 Å². The molecule has 0 bridgehead atoms. The Morgan fingerprint density at radius 3 is 1.76 bits per heavy atom. The van der Waals surface area contributed by atoms with E-state index in [0.29, 0.717) is 0 Å². The molecule has 0 aliphatic rings. The standard InChI is InChI=1S/C47H31NS/c1-3-15-34(16-4-1)47(35-24-23-32-13-7-8-14-33(32)29-35,37-26-28-46-42(31-37)40-20-10-12-22-45(40)49-46)36-25-27-44-41(30-36)39-19-9-11-21-43(39)48(44)38-17-5-2-6-18-38/h1-31H. The summed E-state index contributed by atoms with van der Waals surface area (Å²) >= 11 is 1.87. The summed E-state index contributed by atoms with van der Waals surface area (Å²) in [5, 5.41) is 7.60. The zero-order valence-electron chi connectivity index (χ0n) is 26.8. The van der Waals surface area contributed by atoms with Gasteiger partial charge in [0.05, 0.1) is 16.4 Å². The van der Waals surface area contributed by atoms with Gasteiger partial charge in [-0.25, -0.2) is 0 Å². The number of hydrogen-bond acceptors (Lipinski definition) is 1. The Balaban J connectivity index is 1.35. The molecule has 10 rings (SSSR count). The molecule has 2 heterocycles. The predicted octanol–water partition coefficient (Wildman–Crippen LogP) is 12.7. The van der Waals surface area contributed by atoms with Gasteiger partial charge in [0.15, 0.2) is 0 Å². The van der Waals surface area contributed by atoms with Gasteiger partial charge < -0.3 is 4.57 Å². The minimum Gasteiger partial charge on any atom is -0.309 e. The van der Waals surface area contributed by atoms with E-state index in [9.17, 15) is 0 Å². The molecule has 2 heteroatoms. The van der Waals surface area contributed by atoms with Gasteiger partial charge in [0, 0.05) is 36.6 Å². The van der Waals surface area contributed by atoms with Crippen molar-refractivity contribution in [3.63, 3.8) is 0 Å². The van der Waals surface area contributed by atoms with Crippen molar-refractivity contribution in [1.29, 1.82) is 0 Å². The fraction of sp³-hybridized carbons (Fsp3) is 0.0213. The zero-order chi connectivity index (χ0) is 32.4. The summed E-state index contributed by atoms with van der Waals surface area (Å²) in [6.07, 6.45) is 0. The second-order valence-electron chi connectivity index (χ2n) is 12.9. The maximum absolute atomic E-state index is 2.47. The summed E-state index contributed by atoms with van der Waals surface area (Å²) in [4.78, 5) is 0. The molecule has 0 radical (unpaired) electrons. The van der Waals surface area contributed by atoms with Gasteiger partial charge in [0.25, 0.3) is 0 Å². The van der Waals surface area contributed by atoms with E-state index in [-0.39, 0.29) is 0 Å². The quantitative estimate of drug-likeness (QED) is 0.165. The smallest absolute Gasteiger partial charge is 0.0702 e. The highest BCUT2D eigenvalue weighted by Crippen LogP contribution is 2.49. The van der Waals surface area contributed by atoms with Crippen molar-refractivity contribution in [1.82, 2.24) is 4.57 Å². The number of thiophene rings is 1. The lowest BCUT2D eigenvalue weighted by Crippen LogP contribution is -2.31. The highest BCUT2D eigenvalue weighted by molar-refractivity contribution is 7.25. The molecule has 1 atom stereocenters. The first-order valence-corrected chi connectivity index (χ1v) is 17.7. The second kappa shape index (κ2) is 11.1. The van der Waals surface area contributed by atoms with Crippen LogP contribution in [0.3, 0.4) is 0 Å². The van der Waals surface area contributed by atoms with Gasteiger partial charge in [-0.3, -0.25) is 0 Å². The van der Waals surface area contributed by atoms with Gasteiger partial charge in [-0.1, -0.05) is 133 Å². The minimum absolute atomic E-state index is 0.591. The average Bonchev–Trinajstić information content (AvgIpc) is 3.71. The van der Waals surface area contributed by atoms with Crippen LogP contribution >= 0.6 is 11.3 Å². The number of para-hydroxylation sites is 2. The first-order valence-electron chi connectivity index (χ1n) is 16.8. The lowest BCUT2D eigenvalue weighted by molar-refractivity contribution is 0.749. The van der Waals surface area contributed by atoms with Crippen LogP contribution in [-0.2, 0) is 5.41 Å². The van der Waals surface area contributed by atoms with Crippen molar-refractivity contribution >= 4 is 64.1 Å². The highest BCUT2D eigenvalue weighted by Gasteiger charge is 2.39. The SMILES string of the molecule is c1ccc(-n2c3ccccc3c3cc(C(c4ccccc4)(c4ccc5ccccc5c4)c4ccc5sc6ccccc6c5c4)ccc32)cc1. The van der Waals surface area contributed by atoms with Gasteiger partial charge >= 0.3 is 0 Å². The summed E-state index contributed by atoms with van der Waals surface area (Å²) < 4.78 is 5.03. The average molecular weight is 642 g/mol. The van der Waals surface area contributed by atoms with E-state index in [4.69, 9.17) is 0 Å². The fourth-order valence-corrected chi connectivity index (χ4v) is 9.22. The molecule has 0 amide bonds. The van der Waals surface area contributed by atoms with Gasteiger partial charge in [-0.05, 0) is 87.6 Å². The first-order chi connectivity index (χ1) is 24.3. The van der Waals surface area contributed by atoms with Crippen molar-refractivity contribution < 1.29 is 0 Å². The minimum atomic E-state index is -0.591. The molecule has 0 saturated carbocycles. The second-order valence-corrected chi connectivity index (χ2v) is 14.0. The Kier molecular flexibility index (Phi) is 6.34. The van der Waals surface area contributed by atoms with Crippen LogP contribution in [0.5, 0.6) is 0 Å². The third-order valence-electron chi connectivity index (χ3n) is 10.3. The number of nitrogens with zero attached hydrogens (tertiary/aromatic N) is 1. The van der Waals surface area contributed by atoms with Crippen molar-refractivity contribution in [3.05, 3.63) is 210 Å². The fourth-order valence-electron chi connectivity index (χ4n) is 8.13. The highest BCUT2D eigenvalue weighted by atomic mass is 32.1. The monoisotopic (exact) mass is 641 g/mol. The Morgan fingerprint density at radius 2 is 0.918 bits per heavy atom. The molecule has 0 aliphatic carbocycles. The molecule has 8 aromatic carbocycles. The van der Waals surface area contributed by atoms with Crippen molar-refractivity contribution in [2.45, 2.75) is 5.41 Å². The van der Waals surface area contributed by atoms with Crippen molar-refractivity contribution in [2.24, 2.45) is 0 Å². The molecular weight excluding hydrogens is 611 g/mol. The molecule has 230 valence electrons. The van der Waals surface area contributed by atoms with E-state index in [2.05, 4.69) is 193 Å². The van der Waals surface area contributed by atoms with E-state index >= 15 is 0 Å². The van der Waals surface area contributed by atoms with Gasteiger partial charge in [0.1, 0.15) is 0 Å². The van der Waals surface area contributed by atoms with Crippen molar-refractivity contribution in [2.75, 3.05) is 0 Å². The molecule has 1 nitrogen and oxygen atoms in total. The Labute approximate surface area is 288 Å². The van der Waals surface area contributed by atoms with Crippen LogP contribution in [-0.4, -0.2) is 4.57 Å². The van der Waals surface area contributed by atoms with Crippen LogP contribution in [0.1, 0.15) is 22.3 Å². The summed E-state index contributed by atoms with van der Waals surface area (Å²) in [5.41, 5.74) is 8.00. The molecule has 0 saturated heterocycles. The lowest BCUT2D eigenvalue weighted by atomic mass is 9.64. The summed E-state index contributed by atoms with van der Waals surface area (Å²) in [5.74, 6) is 0. The molecule has 0 aliphatic heterocycles. The number of aromatic nitrogens is 1. The van der Waals surface area contributed by atoms with E-state index < -0.39 is 5.41 Å². The summed E-state index contributed by atoms with van der Waals surface area (Å²) in [7, 11) is 0. The Bertz CT molecular complexity index is 2820. The van der Waals surface area contributed by atoms with Crippen molar-refractivity contribution in [3.8, 4) is 5.69 Å². The normalized spacial score (nSPS) is 13.1. The third kappa shape index (κ3) is 4.24. The zero-order valence-corrected chi connectivity index (χ0v) is 27.6. The Morgan fingerprint density at radius 1 is 0.347 bits per heavy atom. The van der Waals surface area contributed by atoms with E-state index in [1.165, 1.54) is 80.7 Å². The molecule has 10 aromatic rings. The summed E-state index contributed by atoms with van der Waals surface area (Å²) in [6.45, 7) is 0. The van der Waals surface area contributed by atoms with Crippen LogP contribution < -0.4 is 0 Å². The number of rotatable bonds is 5. The molecule has 0 N–H and O–H groups in total. The number of benzene rings is 8. The number of fused-ring (bicyclic) bond motifs is 7. The molecule has 2 aromatic heterocycles. The molecular formula is C47H31NS. The van der Waals surface area contributed by atoms with Gasteiger partial charge in [0.2, 0.25) is 0 Å². The van der Waals surface area contributed by atoms with E-state index in [1.807, 2.05) is 11.3 Å². The largest absolute Gasteiger partial charge is 0.309 e. The van der Waals surface area contributed by atoms with E-state index in [0.717, 1.165) is 0 Å². The number of hydrogen-bond donors (Lipinski definition) is 0. The topological polar surface area (TPSA) is 4.93 Å². The Hall–Kier alpha value is -5.96. The van der Waals surface area contributed by atoms with Crippen LogP contribution in [0.15, 0.2) is 188 Å². The predicted molar refractivity (Wildman–Crippen MR) is 209 cm³/mol. The molecule has 0 fully saturated rings. The lowest BCUT2D eigenvalue weighted by Gasteiger charge is -2.37. The van der Waals surface area contributed by atoms with Crippen LogP contribution in [0.2, 0.25) is 0 Å². The van der Waals surface area contributed by atoms with Gasteiger partial charge in [-0.2, -0.15) is 0 Å². The summed E-state index contributed by atoms with van der Waals surface area (Å²) in [6, 6.07) is 69.6. The third-order valence-corrected chi connectivity index (χ3v) is 11.5. The molecule has 1 unspecified atom stereocenters. The van der Waals surface area contributed by atoms with Gasteiger partial charge in [-0.15, -0.1) is 11.3 Å². The molecule has 49 heavy (non-hydrogen) atoms. The van der Waals surface area contributed by atoms with Crippen LogP contribution in [0, 0.1) is 0 Å². The maximum Gasteiger partial charge on any atom is 0.0702 e. The van der Waals surface area contributed by atoms with E-state index in [1.54, 1.807) is 0 Å². The molecule has 0 spiro atoms. The van der Waals surface area contributed by atoms with Crippen LogP contribution in [0.4, 0.5) is 0 Å².